The Balaban J connectivity index is 2.26. The number of methoxy groups -OCH3 is 1. The Kier molecular flexibility index (Phi) is 9.32. The van der Waals surface area contributed by atoms with Crippen LogP contribution < -0.4 is 10.1 Å². The van der Waals surface area contributed by atoms with Crippen LogP contribution in [0.2, 0.25) is 5.02 Å². The Morgan fingerprint density at radius 1 is 1.25 bits per heavy atom. The van der Waals surface area contributed by atoms with Crippen LogP contribution in [0.5, 0.6) is 5.88 Å². The molecule has 5 nitrogen and oxygen atoms in total. The van der Waals surface area contributed by atoms with E-state index in [4.69, 9.17) is 25.8 Å². The Morgan fingerprint density at radius 3 is 2.85 bits per heavy atom. The number of aromatic nitrogens is 1. The molecule has 1 N–H and O–H groups in total. The molecule has 0 saturated carbocycles. The normalized spacial score (nSPS) is 10.8. The van der Waals surface area contributed by atoms with Crippen molar-refractivity contribution in [3.63, 3.8) is 0 Å². The number of rotatable bonds is 11. The van der Waals surface area contributed by atoms with E-state index in [1.54, 1.807) is 13.3 Å². The molecule has 0 amide bonds. The summed E-state index contributed by atoms with van der Waals surface area (Å²) in [6, 6.07) is 1.87. The molecule has 20 heavy (non-hydrogen) atoms. The lowest BCUT2D eigenvalue weighted by Gasteiger charge is -2.09. The quantitative estimate of drug-likeness (QED) is 0.636. The summed E-state index contributed by atoms with van der Waals surface area (Å²) in [6.45, 7) is 6.12. The zero-order valence-corrected chi connectivity index (χ0v) is 12.9. The van der Waals surface area contributed by atoms with Crippen molar-refractivity contribution in [3.8, 4) is 5.88 Å². The maximum atomic E-state index is 6.07. The molecule has 0 saturated heterocycles. The van der Waals surface area contributed by atoms with E-state index in [-0.39, 0.29) is 0 Å². The van der Waals surface area contributed by atoms with Gasteiger partial charge in [0.05, 0.1) is 24.8 Å². The van der Waals surface area contributed by atoms with E-state index in [9.17, 15) is 0 Å². The molecular weight excluding hydrogens is 280 g/mol. The van der Waals surface area contributed by atoms with E-state index < -0.39 is 0 Å². The number of nitrogens with one attached hydrogen (secondary N) is 1. The molecule has 0 spiro atoms. The highest BCUT2D eigenvalue weighted by molar-refractivity contribution is 6.31. The predicted octanol–water partition coefficient (Wildman–Crippen LogP) is 2.28. The van der Waals surface area contributed by atoms with Crippen molar-refractivity contribution in [2.45, 2.75) is 19.9 Å². The van der Waals surface area contributed by atoms with Crippen molar-refractivity contribution in [2.75, 3.05) is 40.1 Å². The minimum absolute atomic E-state index is 0.572. The van der Waals surface area contributed by atoms with Gasteiger partial charge >= 0.3 is 0 Å². The van der Waals surface area contributed by atoms with Crippen LogP contribution >= 0.6 is 11.6 Å². The second kappa shape index (κ2) is 10.9. The van der Waals surface area contributed by atoms with Gasteiger partial charge in [-0.1, -0.05) is 18.5 Å². The van der Waals surface area contributed by atoms with Gasteiger partial charge in [0.25, 0.3) is 0 Å². The maximum Gasteiger partial charge on any atom is 0.213 e. The van der Waals surface area contributed by atoms with Gasteiger partial charge in [0, 0.05) is 38.9 Å². The Morgan fingerprint density at radius 2 is 2.10 bits per heavy atom. The van der Waals surface area contributed by atoms with Crippen molar-refractivity contribution >= 4 is 11.6 Å². The van der Waals surface area contributed by atoms with Gasteiger partial charge in [0.1, 0.15) is 0 Å². The first-order valence-electron chi connectivity index (χ1n) is 6.82. The Bertz CT molecular complexity index is 377. The van der Waals surface area contributed by atoms with Crippen LogP contribution in [0.25, 0.3) is 0 Å². The summed E-state index contributed by atoms with van der Waals surface area (Å²) in [5.74, 6) is 0.596. The zero-order valence-electron chi connectivity index (χ0n) is 12.2. The topological polar surface area (TPSA) is 52.6 Å². The first-order chi connectivity index (χ1) is 9.77. The first kappa shape index (κ1) is 17.2. The number of pyridine rings is 1. The van der Waals surface area contributed by atoms with Gasteiger partial charge in [0.15, 0.2) is 0 Å². The van der Waals surface area contributed by atoms with Gasteiger partial charge in [0.2, 0.25) is 5.88 Å². The molecule has 1 aromatic rings. The third-order valence-corrected chi connectivity index (χ3v) is 2.93. The average Bonchev–Trinajstić information content (AvgIpc) is 2.46. The first-order valence-corrected chi connectivity index (χ1v) is 7.20. The molecule has 1 heterocycles. The Labute approximate surface area is 125 Å². The van der Waals surface area contributed by atoms with Crippen molar-refractivity contribution in [1.82, 2.24) is 10.3 Å². The minimum atomic E-state index is 0.572. The van der Waals surface area contributed by atoms with Gasteiger partial charge in [-0.25, -0.2) is 4.98 Å². The second-order valence-corrected chi connectivity index (χ2v) is 4.61. The summed E-state index contributed by atoms with van der Waals surface area (Å²) in [7, 11) is 1.66. The van der Waals surface area contributed by atoms with E-state index in [0.717, 1.165) is 18.5 Å². The fourth-order valence-corrected chi connectivity index (χ4v) is 1.68. The van der Waals surface area contributed by atoms with E-state index in [1.807, 2.05) is 6.07 Å². The standard InChI is InChI=1S/C14H23ClN2O3/c1-3-16-10-12-9-14(17-11-13(12)15)20-6-4-5-19-8-7-18-2/h9,11,16H,3-8,10H2,1-2H3. The molecule has 0 radical (unpaired) electrons. The fourth-order valence-electron chi connectivity index (χ4n) is 1.51. The minimum Gasteiger partial charge on any atom is -0.478 e. The van der Waals surface area contributed by atoms with Gasteiger partial charge in [-0.2, -0.15) is 0 Å². The summed E-state index contributed by atoms with van der Waals surface area (Å²) >= 11 is 6.07. The number of hydrogen-bond acceptors (Lipinski definition) is 5. The molecule has 0 aliphatic carbocycles. The van der Waals surface area contributed by atoms with Crippen molar-refractivity contribution in [1.29, 1.82) is 0 Å². The van der Waals surface area contributed by atoms with Gasteiger partial charge in [-0.05, 0) is 12.1 Å². The van der Waals surface area contributed by atoms with Gasteiger partial charge in [-0.15, -0.1) is 0 Å². The molecule has 0 aliphatic rings. The number of ether oxygens (including phenoxy) is 3. The molecule has 0 atom stereocenters. The van der Waals surface area contributed by atoms with Crippen LogP contribution in [-0.2, 0) is 16.0 Å². The number of nitrogens with zero attached hydrogens (tertiary/aromatic N) is 1. The molecule has 6 heteroatoms. The van der Waals surface area contributed by atoms with Crippen LogP contribution in [0.4, 0.5) is 0 Å². The van der Waals surface area contributed by atoms with Crippen molar-refractivity contribution in [2.24, 2.45) is 0 Å². The molecular formula is C14H23ClN2O3. The largest absolute Gasteiger partial charge is 0.478 e. The van der Waals surface area contributed by atoms with Crippen LogP contribution in [-0.4, -0.2) is 45.1 Å². The highest BCUT2D eigenvalue weighted by Crippen LogP contribution is 2.19. The highest BCUT2D eigenvalue weighted by Gasteiger charge is 2.04. The molecule has 0 aromatic carbocycles. The van der Waals surface area contributed by atoms with Gasteiger partial charge in [-0.3, -0.25) is 0 Å². The molecule has 114 valence electrons. The molecule has 0 aliphatic heterocycles. The maximum absolute atomic E-state index is 6.07. The fraction of sp³-hybridized carbons (Fsp3) is 0.643. The van der Waals surface area contributed by atoms with Gasteiger partial charge < -0.3 is 19.5 Å². The third kappa shape index (κ3) is 7.05. The second-order valence-electron chi connectivity index (χ2n) is 4.20. The van der Waals surface area contributed by atoms with Crippen LogP contribution in [0.15, 0.2) is 12.3 Å². The Hall–Kier alpha value is -0.880. The monoisotopic (exact) mass is 302 g/mol. The lowest BCUT2D eigenvalue weighted by Crippen LogP contribution is -2.12. The summed E-state index contributed by atoms with van der Waals surface area (Å²) < 4.78 is 15.8. The van der Waals surface area contributed by atoms with Crippen LogP contribution in [0, 0.1) is 0 Å². The SMILES string of the molecule is CCNCc1cc(OCCCOCCOC)ncc1Cl. The number of hydrogen-bond donors (Lipinski definition) is 1. The molecule has 1 rings (SSSR count). The lowest BCUT2D eigenvalue weighted by atomic mass is 10.2. The summed E-state index contributed by atoms with van der Waals surface area (Å²) in [5, 5.41) is 3.88. The number of halogens is 1. The van der Waals surface area contributed by atoms with Crippen molar-refractivity contribution in [3.05, 3.63) is 22.8 Å². The van der Waals surface area contributed by atoms with E-state index >= 15 is 0 Å². The van der Waals surface area contributed by atoms with Crippen LogP contribution in [0.3, 0.4) is 0 Å². The summed E-state index contributed by atoms with van der Waals surface area (Å²) in [5.41, 5.74) is 0.995. The summed E-state index contributed by atoms with van der Waals surface area (Å²) in [6.07, 6.45) is 2.44. The molecule has 0 unspecified atom stereocenters. The molecule has 0 fully saturated rings. The zero-order chi connectivity index (χ0) is 14.6. The van der Waals surface area contributed by atoms with E-state index in [2.05, 4.69) is 17.2 Å². The third-order valence-electron chi connectivity index (χ3n) is 2.59. The summed E-state index contributed by atoms with van der Waals surface area (Å²) in [4.78, 5) is 4.15. The molecule has 0 bridgehead atoms. The molecule has 1 aromatic heterocycles. The van der Waals surface area contributed by atoms with E-state index in [0.29, 0.717) is 43.9 Å². The van der Waals surface area contributed by atoms with Crippen LogP contribution in [0.1, 0.15) is 18.9 Å². The van der Waals surface area contributed by atoms with Crippen molar-refractivity contribution < 1.29 is 14.2 Å². The predicted molar refractivity (Wildman–Crippen MR) is 79.4 cm³/mol. The smallest absolute Gasteiger partial charge is 0.213 e. The highest BCUT2D eigenvalue weighted by atomic mass is 35.5. The average molecular weight is 303 g/mol. The van der Waals surface area contributed by atoms with E-state index in [1.165, 1.54) is 0 Å². The lowest BCUT2D eigenvalue weighted by molar-refractivity contribution is 0.0642.